The summed E-state index contributed by atoms with van der Waals surface area (Å²) >= 11 is 7.68. The molecule has 1 saturated heterocycles. The first-order chi connectivity index (χ1) is 40.1. The molecule has 4 atom stereocenters. The zero-order valence-electron chi connectivity index (χ0n) is 45.8. The predicted octanol–water partition coefficient (Wildman–Crippen LogP) is 9.58. The average Bonchev–Trinajstić information content (AvgIpc) is 3.57. The number of Topliss-reactive ketones (excluding diaryl/α,β-unsaturated/α-hetero) is 1. The summed E-state index contributed by atoms with van der Waals surface area (Å²) in [5, 5.41) is 39.7. The van der Waals surface area contributed by atoms with Gasteiger partial charge in [-0.15, -0.1) is 68.0 Å². The molecule has 0 spiro atoms. The van der Waals surface area contributed by atoms with Crippen LogP contribution in [0.3, 0.4) is 0 Å². The molecule has 2 aliphatic heterocycles. The van der Waals surface area contributed by atoms with Gasteiger partial charge in [0, 0.05) is 58.5 Å². The van der Waals surface area contributed by atoms with Gasteiger partial charge in [0.25, 0.3) is 5.91 Å². The minimum Gasteiger partial charge on any atom is -0.449 e. The monoisotopic (exact) mass is 1230 g/mol. The summed E-state index contributed by atoms with van der Waals surface area (Å²) in [6.45, 7) is 12.1. The quantitative estimate of drug-likeness (QED) is 0.0634. The lowest BCUT2D eigenvalue weighted by Gasteiger charge is -2.23. The van der Waals surface area contributed by atoms with E-state index in [2.05, 4.69) is 43.5 Å². The van der Waals surface area contributed by atoms with Gasteiger partial charge in [-0.1, -0.05) is 50.8 Å². The highest BCUT2D eigenvalue weighted by molar-refractivity contribution is 7.15. The largest absolute Gasteiger partial charge is 0.449 e. The first-order valence-corrected chi connectivity index (χ1v) is 31.7. The summed E-state index contributed by atoms with van der Waals surface area (Å²) in [4.78, 5) is 105. The highest BCUT2D eigenvalue weighted by Crippen LogP contribution is 2.41. The maximum atomic E-state index is 14.4. The molecule has 0 saturated carbocycles. The number of hydrogen-bond donors (Lipinski definition) is 7. The van der Waals surface area contributed by atoms with Crippen LogP contribution >= 0.6 is 68.0 Å². The third-order valence-electron chi connectivity index (χ3n) is 13.9. The Bertz CT molecular complexity index is 3660. The van der Waals surface area contributed by atoms with Crippen LogP contribution in [0.1, 0.15) is 121 Å². The molecule has 21 nitrogen and oxygen atoms in total. The maximum Gasteiger partial charge on any atom is 0.412 e. The number of aliphatic hydroxyl groups is 1. The van der Waals surface area contributed by atoms with Crippen molar-refractivity contribution >= 4 is 109 Å². The van der Waals surface area contributed by atoms with Gasteiger partial charge < -0.3 is 41.2 Å². The molecule has 7 aromatic heterocycles. The van der Waals surface area contributed by atoms with E-state index in [0.29, 0.717) is 92.6 Å². The maximum absolute atomic E-state index is 14.4. The van der Waals surface area contributed by atoms with E-state index in [9.17, 15) is 29.1 Å². The summed E-state index contributed by atoms with van der Waals surface area (Å²) in [6, 6.07) is 10.7. The SMILES string of the molecule is C=C1NCC(=O)N[C@@H]([C@@H](O)c2ccccc2)c2nc(cs2)-c2nc(cs2)-c2nc(-c3nc(NC(=O)OCC4CCNCC4)cs3)ccc2-c2nc(cs2)C(=O)N[C@@H](CC(=O)NC)c2nc(c(C)s2)C(=O)C[C@H](C(C)C)c2nc1c(COC)s2. The van der Waals surface area contributed by atoms with Crippen molar-refractivity contribution in [3.05, 3.63) is 118 Å². The summed E-state index contributed by atoms with van der Waals surface area (Å²) in [5.74, 6) is -1.43. The number of ether oxygens (including phenoxy) is 2. The van der Waals surface area contributed by atoms with Crippen LogP contribution in [0.25, 0.3) is 49.1 Å². The first kappa shape index (κ1) is 59.1. The third kappa shape index (κ3) is 14.0. The van der Waals surface area contributed by atoms with Gasteiger partial charge in [-0.3, -0.25) is 24.5 Å². The minimum atomic E-state index is -1.20. The Balaban J connectivity index is 1.02. The Morgan fingerprint density at radius 3 is 2.28 bits per heavy atom. The number of methoxy groups -OCH3 is 1. The molecule has 432 valence electrons. The number of nitrogens with one attached hydrogen (secondary N) is 6. The van der Waals surface area contributed by atoms with Gasteiger partial charge in [-0.2, -0.15) is 0 Å². The Morgan fingerprint density at radius 1 is 0.783 bits per heavy atom. The van der Waals surface area contributed by atoms with Crippen molar-refractivity contribution in [2.75, 3.05) is 45.7 Å². The first-order valence-electron chi connectivity index (χ1n) is 26.6. The molecule has 9 heterocycles. The number of fused-ring (bicyclic) bond motifs is 14. The molecule has 83 heavy (non-hydrogen) atoms. The number of aryl methyl sites for hydroxylation is 1. The van der Waals surface area contributed by atoms with Crippen molar-refractivity contribution in [3.63, 3.8) is 0 Å². The zero-order chi connectivity index (χ0) is 58.3. The van der Waals surface area contributed by atoms with Gasteiger partial charge in [0.15, 0.2) is 5.78 Å². The Labute approximate surface area is 501 Å². The van der Waals surface area contributed by atoms with E-state index in [-0.39, 0.29) is 66.8 Å². The fraction of sp³-hybridized carbons (Fsp3) is 0.357. The molecule has 8 aromatic rings. The number of benzene rings is 1. The smallest absolute Gasteiger partial charge is 0.412 e. The number of hydrogen-bond acceptors (Lipinski definition) is 23. The van der Waals surface area contributed by atoms with Crippen molar-refractivity contribution in [1.82, 2.24) is 61.5 Å². The molecule has 2 aliphatic rings. The van der Waals surface area contributed by atoms with Crippen molar-refractivity contribution in [1.29, 1.82) is 0 Å². The van der Waals surface area contributed by atoms with E-state index < -0.39 is 36.1 Å². The second-order valence-corrected chi connectivity index (χ2v) is 25.8. The van der Waals surface area contributed by atoms with Crippen molar-refractivity contribution < 1.29 is 38.6 Å². The summed E-state index contributed by atoms with van der Waals surface area (Å²) in [6.07, 6.45) is -0.0506. The summed E-state index contributed by atoms with van der Waals surface area (Å²) in [7, 11) is 3.08. The van der Waals surface area contributed by atoms with Gasteiger partial charge >= 0.3 is 6.09 Å². The number of carbonyl (C=O) groups excluding carboxylic acids is 5. The normalized spacial score (nSPS) is 17.7. The zero-order valence-corrected chi connectivity index (χ0v) is 50.7. The van der Waals surface area contributed by atoms with Crippen LogP contribution < -0.4 is 31.9 Å². The van der Waals surface area contributed by atoms with Crippen LogP contribution in [0, 0.1) is 18.8 Å². The fourth-order valence-electron chi connectivity index (χ4n) is 9.36. The minimum absolute atomic E-state index is 0.0465. The average molecular weight is 1230 g/mol. The number of amides is 4. The number of nitrogens with zero attached hydrogens (tertiary/aromatic N) is 7. The predicted molar refractivity (Wildman–Crippen MR) is 324 cm³/mol. The lowest BCUT2D eigenvalue weighted by molar-refractivity contribution is -0.122. The molecule has 1 fully saturated rings. The molecule has 10 rings (SSSR count). The van der Waals surface area contributed by atoms with Gasteiger partial charge in [-0.25, -0.2) is 39.7 Å². The number of rotatable bonds is 11. The second kappa shape index (κ2) is 26.7. The molecule has 10 bridgehead atoms. The van der Waals surface area contributed by atoms with Crippen LogP contribution in [0.4, 0.5) is 10.6 Å². The number of carbonyl (C=O) groups is 5. The number of pyridine rings is 1. The van der Waals surface area contributed by atoms with E-state index >= 15 is 0 Å². The van der Waals surface area contributed by atoms with E-state index in [1.165, 1.54) is 75.1 Å². The number of piperidine rings is 1. The number of thiazole rings is 6. The number of ketones is 1. The Kier molecular flexibility index (Phi) is 19.0. The summed E-state index contributed by atoms with van der Waals surface area (Å²) < 4.78 is 11.1. The van der Waals surface area contributed by atoms with Crippen molar-refractivity contribution in [2.45, 2.75) is 77.2 Å². The molecule has 7 N–H and O–H groups in total. The van der Waals surface area contributed by atoms with E-state index in [1.54, 1.807) is 55.1 Å². The highest BCUT2D eigenvalue weighted by atomic mass is 32.1. The molecular weight excluding hydrogens is 1180 g/mol. The van der Waals surface area contributed by atoms with E-state index in [1.807, 2.05) is 36.7 Å². The topological polar surface area (TPSA) is 286 Å². The van der Waals surface area contributed by atoms with Crippen LogP contribution in [-0.4, -0.2) is 110 Å². The van der Waals surface area contributed by atoms with Gasteiger partial charge in [0.2, 0.25) is 11.8 Å². The van der Waals surface area contributed by atoms with Gasteiger partial charge in [-0.05, 0) is 62.4 Å². The highest BCUT2D eigenvalue weighted by Gasteiger charge is 2.33. The van der Waals surface area contributed by atoms with E-state index in [4.69, 9.17) is 39.4 Å². The van der Waals surface area contributed by atoms with E-state index in [0.717, 1.165) is 30.8 Å². The molecular formula is C56H59N13O8S6. The molecule has 0 radical (unpaired) electrons. The Hall–Kier alpha value is -7.08. The van der Waals surface area contributed by atoms with Crippen LogP contribution in [0.5, 0.6) is 0 Å². The van der Waals surface area contributed by atoms with Crippen molar-refractivity contribution in [2.24, 2.45) is 11.8 Å². The molecule has 0 unspecified atom stereocenters. The van der Waals surface area contributed by atoms with Gasteiger partial charge in [0.1, 0.15) is 77.2 Å². The fourth-order valence-corrected chi connectivity index (χ4v) is 15.0. The van der Waals surface area contributed by atoms with Crippen LogP contribution in [-0.2, 0) is 25.7 Å². The lowest BCUT2D eigenvalue weighted by Crippen LogP contribution is -2.38. The molecule has 1 aromatic carbocycles. The molecule has 27 heteroatoms. The third-order valence-corrected chi connectivity index (χ3v) is 19.6. The second-order valence-electron chi connectivity index (χ2n) is 20.0. The summed E-state index contributed by atoms with van der Waals surface area (Å²) in [5.41, 5.74) is 4.08. The number of aromatic nitrogens is 7. The standard InChI is InChI=1S/C56H59N13O8S6/c1-27(2)33-18-39(70)45-29(4)82-54(69-45)35(19-42(71)57-5)61-49(74)37-24-78-50(63-37)32-12-13-34(52-65-41(26-81-52)66-56(75)77-21-30-14-16-58-17-15-30)60-46(32)36-23-79-53(62-36)38-25-80-55(64-38)47(48(73)31-10-8-7-9-11-31)67-43(72)20-59-28(3)44-40(22-76-6)83-51(33)68-44/h7-13,23-27,30,33,35,47-48,58-59,73H,3,14-22H2,1-2,4-6H3,(H,57,71)(H,61,74)(H,66,75)(H,67,72)/t33-,35+,47+,48+/m1/s1. The lowest BCUT2D eigenvalue weighted by atomic mass is 9.90. The van der Waals surface area contributed by atoms with Gasteiger partial charge in [0.05, 0.1) is 53.5 Å². The Morgan fingerprint density at radius 2 is 1.51 bits per heavy atom. The molecule has 0 aliphatic carbocycles. The van der Waals surface area contributed by atoms with Crippen LogP contribution in [0.15, 0.2) is 70.6 Å². The number of aliphatic hydroxyl groups excluding tert-OH is 1. The van der Waals surface area contributed by atoms with Crippen LogP contribution in [0.2, 0.25) is 0 Å². The van der Waals surface area contributed by atoms with Crippen molar-refractivity contribution in [3.8, 4) is 43.4 Å². The number of anilines is 1. The molecule has 4 amide bonds.